The van der Waals surface area contributed by atoms with Gasteiger partial charge in [-0.3, -0.25) is 24.0 Å². The highest BCUT2D eigenvalue weighted by Gasteiger charge is 2.47. The number of aliphatic hydroxyl groups is 5. The molecule has 2 aliphatic carbocycles. The molecule has 1 unspecified atom stereocenters. The fourth-order valence-corrected chi connectivity index (χ4v) is 10.7. The zero-order valence-electron chi connectivity index (χ0n) is 45.0. The van der Waals surface area contributed by atoms with Crippen LogP contribution in [0.4, 0.5) is 9.18 Å². The number of aliphatic hydroxyl groups excluding tert-OH is 4. The molecule has 2 aromatic heterocycles. The Labute approximate surface area is 468 Å². The van der Waals surface area contributed by atoms with Gasteiger partial charge in [0.1, 0.15) is 81.8 Å². The van der Waals surface area contributed by atoms with Gasteiger partial charge < -0.3 is 85.1 Å². The number of ether oxygens (including phenoxy) is 6. The average Bonchev–Trinajstić information content (AvgIpc) is 1.91. The number of alkyl carbamates (subject to hydrolysis) is 1. The number of cyclic esters (lactones) is 1. The Bertz CT molecular complexity index is 3290. The second kappa shape index (κ2) is 25.7. The number of carbonyl (C=O) groups excluding carboxylic acids is 6. The third-order valence-corrected chi connectivity index (χ3v) is 15.1. The Kier molecular flexibility index (Phi) is 18.5. The Morgan fingerprint density at radius 3 is 2.51 bits per heavy atom. The Balaban J connectivity index is 0.768. The van der Waals surface area contributed by atoms with E-state index in [1.807, 2.05) is 0 Å². The van der Waals surface area contributed by atoms with Gasteiger partial charge in [0, 0.05) is 42.1 Å². The Hall–Kier alpha value is -7.61. The van der Waals surface area contributed by atoms with Crippen molar-refractivity contribution < 1.29 is 87.1 Å². The number of pyridine rings is 2. The van der Waals surface area contributed by atoms with Gasteiger partial charge in [-0.1, -0.05) is 25.3 Å². The summed E-state index contributed by atoms with van der Waals surface area (Å²) in [6, 6.07) is 6.21. The summed E-state index contributed by atoms with van der Waals surface area (Å²) < 4.78 is 49.7. The van der Waals surface area contributed by atoms with Crippen molar-refractivity contribution in [3.8, 4) is 29.0 Å². The fraction of sp³-hybridized carbons (Fsp3) is 0.500. The van der Waals surface area contributed by atoms with Crippen molar-refractivity contribution in [3.05, 3.63) is 91.0 Å². The lowest BCUT2D eigenvalue weighted by atomic mass is 9.81. The lowest BCUT2D eigenvalue weighted by Gasteiger charge is -2.39. The molecule has 10 N–H and O–H groups in total. The van der Waals surface area contributed by atoms with Gasteiger partial charge >= 0.3 is 12.1 Å². The standard InChI is InChI=1S/C56H64FN7O18/c1-3-56(76)35-18-39-47-33(21-64(39)52(73)34(35)24-79-54(56)74)46-37(13-12-31-28(2)36(57)19-38(63-47)45(31)46)62-44(68)25-77-27-61-42(66)20-60-55(75)80-23-29-11-14-40(81-53-50(71)49(70)48(69)41(22-65)82-53)32(17-29)51(72)59-16-15-58-43(67)26-78-30-9-7-5-4-6-8-10-30/h11,14,17-19,30,37,41,48-50,53,65,69-71,76H,3-7,9,12-13,15-16,20-27H2,1-2H3,(H,58,67)(H,59,72)(H,60,75)(H,61,66)(H,62,68)/t30?,37-,41+,48+,49-,50+,53-,56-/m0/s1. The summed E-state index contributed by atoms with van der Waals surface area (Å²) >= 11 is 0. The minimum Gasteiger partial charge on any atom is -0.461 e. The predicted octanol–water partition coefficient (Wildman–Crippen LogP) is 0.0247. The number of fused-ring (bicyclic) bond motifs is 5. The fourth-order valence-electron chi connectivity index (χ4n) is 10.7. The minimum atomic E-state index is -2.06. The van der Waals surface area contributed by atoms with Crippen LogP contribution >= 0.6 is 0 Å². The maximum absolute atomic E-state index is 15.4. The van der Waals surface area contributed by atoms with Crippen LogP contribution in [-0.4, -0.2) is 154 Å². The monoisotopic (exact) mass is 1140 g/mol. The summed E-state index contributed by atoms with van der Waals surface area (Å²) in [4.78, 5) is 96.5. The number of benzene rings is 2. The number of aromatic nitrogens is 2. The molecule has 9 rings (SSSR count). The lowest BCUT2D eigenvalue weighted by molar-refractivity contribution is -0.277. The summed E-state index contributed by atoms with van der Waals surface area (Å²) in [6.07, 6.45) is -4.44. The molecule has 0 spiro atoms. The summed E-state index contributed by atoms with van der Waals surface area (Å²) in [5.41, 5.74) is 1.13. The van der Waals surface area contributed by atoms with Gasteiger partial charge in [0.25, 0.3) is 11.5 Å². The van der Waals surface area contributed by atoms with Crippen LogP contribution in [0.25, 0.3) is 22.3 Å². The largest absolute Gasteiger partial charge is 0.461 e. The highest BCUT2D eigenvalue weighted by atomic mass is 19.1. The molecule has 26 heteroatoms. The van der Waals surface area contributed by atoms with Crippen molar-refractivity contribution in [3.63, 3.8) is 0 Å². The van der Waals surface area contributed by atoms with E-state index in [0.29, 0.717) is 63.8 Å². The van der Waals surface area contributed by atoms with Crippen LogP contribution < -0.4 is 36.9 Å². The second-order valence-corrected chi connectivity index (χ2v) is 20.5. The van der Waals surface area contributed by atoms with Gasteiger partial charge in [-0.2, -0.15) is 0 Å². The molecule has 2 aromatic carbocycles. The smallest absolute Gasteiger partial charge is 0.407 e. The third kappa shape index (κ3) is 12.6. The van der Waals surface area contributed by atoms with E-state index in [2.05, 4.69) is 38.4 Å². The molecule has 1 fully saturated rings. The molecule has 5 heterocycles. The first-order chi connectivity index (χ1) is 39.4. The summed E-state index contributed by atoms with van der Waals surface area (Å²) in [5.74, 6) is 2.10. The van der Waals surface area contributed by atoms with Gasteiger partial charge in [-0.05, 0) is 85.9 Å². The van der Waals surface area contributed by atoms with Crippen LogP contribution in [0, 0.1) is 24.6 Å². The van der Waals surface area contributed by atoms with Crippen LogP contribution in [0.5, 0.6) is 5.75 Å². The molecule has 0 saturated carbocycles. The van der Waals surface area contributed by atoms with Gasteiger partial charge in [0.15, 0.2) is 5.60 Å². The van der Waals surface area contributed by atoms with Crippen molar-refractivity contribution in [2.45, 2.75) is 133 Å². The van der Waals surface area contributed by atoms with E-state index in [9.17, 15) is 59.1 Å². The maximum atomic E-state index is 15.4. The highest BCUT2D eigenvalue weighted by molar-refractivity contribution is 5.97. The van der Waals surface area contributed by atoms with Crippen LogP contribution in [0.15, 0.2) is 35.1 Å². The molecule has 5 aliphatic rings. The summed E-state index contributed by atoms with van der Waals surface area (Å²) in [5, 5.41) is 65.9. The highest BCUT2D eigenvalue weighted by Crippen LogP contribution is 2.46. The number of amides is 5. The first-order valence-corrected chi connectivity index (χ1v) is 27.0. The molecule has 0 bridgehead atoms. The minimum absolute atomic E-state index is 0.00463. The number of rotatable bonds is 20. The molecule has 8 atom stereocenters. The van der Waals surface area contributed by atoms with Crippen LogP contribution in [0.3, 0.4) is 0 Å². The van der Waals surface area contributed by atoms with E-state index >= 15 is 4.39 Å². The molecule has 5 amide bonds. The maximum Gasteiger partial charge on any atom is 0.407 e. The molecule has 0 radical (unpaired) electrons. The molecule has 438 valence electrons. The third-order valence-electron chi connectivity index (χ3n) is 15.1. The first kappa shape index (κ1) is 59.0. The zero-order valence-corrected chi connectivity index (χ0v) is 45.0. The Morgan fingerprint density at radius 2 is 1.72 bits per heavy atom. The van der Waals surface area contributed by atoms with E-state index < -0.39 is 123 Å². The first-order valence-electron chi connectivity index (χ1n) is 27.0. The molecule has 25 nitrogen and oxygen atoms in total. The lowest BCUT2D eigenvalue weighted by Crippen LogP contribution is -2.60. The van der Waals surface area contributed by atoms with Gasteiger partial charge in [0.05, 0.1) is 47.2 Å². The van der Waals surface area contributed by atoms with Crippen molar-refractivity contribution >= 4 is 46.6 Å². The summed E-state index contributed by atoms with van der Waals surface area (Å²) in [6.45, 7) is -0.0155. The van der Waals surface area contributed by atoms with Gasteiger partial charge in [-0.25, -0.2) is 19.0 Å². The number of esters is 1. The van der Waals surface area contributed by atoms with E-state index in [-0.39, 0.29) is 73.4 Å². The average molecular weight is 1140 g/mol. The number of carbonyl (C=O) groups is 6. The topological polar surface area (TPSA) is 354 Å². The number of hydrogen-bond acceptors (Lipinski definition) is 19. The van der Waals surface area contributed by atoms with Crippen LogP contribution in [0.1, 0.15) is 107 Å². The van der Waals surface area contributed by atoms with E-state index in [1.165, 1.54) is 28.8 Å². The molecule has 1 saturated heterocycles. The van der Waals surface area contributed by atoms with Gasteiger partial charge in [0.2, 0.25) is 24.0 Å². The SMILES string of the molecule is CC[C@@]1(O)C(=O)OCc2c1cc1n(c2=O)Cc2c-1nc1cc(F)c(C)c3c1c2[C@@H](NC(=O)COCNC(=O)CNC(=O)OCc1ccc(O[C@H]2O[C@H](CO)[C@@H](O)[C@H](O)[C@H]2O)c(C(=O)NCCNC(=O)COC2C#CCCCCC2)c1)CC3. The number of hydrogen-bond donors (Lipinski definition) is 10. The van der Waals surface area contributed by atoms with E-state index in [4.69, 9.17) is 33.4 Å². The van der Waals surface area contributed by atoms with Crippen LogP contribution in [-0.2, 0) is 74.6 Å². The zero-order chi connectivity index (χ0) is 58.4. The Morgan fingerprint density at radius 1 is 0.915 bits per heavy atom. The van der Waals surface area contributed by atoms with E-state index in [0.717, 1.165) is 25.7 Å². The van der Waals surface area contributed by atoms with E-state index in [1.54, 1.807) is 19.9 Å². The van der Waals surface area contributed by atoms with Crippen molar-refractivity contribution in [1.82, 2.24) is 36.1 Å². The molecule has 3 aliphatic heterocycles. The number of nitrogens with zero attached hydrogens (tertiary/aromatic N) is 2. The van der Waals surface area contributed by atoms with Gasteiger partial charge in [-0.15, -0.1) is 5.92 Å². The number of aryl methyl sites for hydroxylation is 1. The quantitative estimate of drug-likeness (QED) is 0.0213. The van der Waals surface area contributed by atoms with Crippen molar-refractivity contribution in [1.29, 1.82) is 0 Å². The number of nitrogens with one attached hydrogen (secondary N) is 5. The van der Waals surface area contributed by atoms with Crippen LogP contribution in [0.2, 0.25) is 0 Å². The molecular formula is C56H64FN7O18. The van der Waals surface area contributed by atoms with Crippen molar-refractivity contribution in [2.24, 2.45) is 0 Å². The van der Waals surface area contributed by atoms with Crippen molar-refractivity contribution in [2.75, 3.05) is 46.2 Å². The normalized spacial score (nSPS) is 23.3. The predicted molar refractivity (Wildman–Crippen MR) is 282 cm³/mol. The molecule has 82 heavy (non-hydrogen) atoms. The second-order valence-electron chi connectivity index (χ2n) is 20.5. The number of halogens is 1. The summed E-state index contributed by atoms with van der Waals surface area (Å²) in [7, 11) is 0. The molecule has 4 aromatic rings. The molecular weight excluding hydrogens is 1080 g/mol.